The highest BCUT2D eigenvalue weighted by molar-refractivity contribution is 4.93. The van der Waals surface area contributed by atoms with E-state index in [0.717, 1.165) is 5.92 Å². The highest BCUT2D eigenvalue weighted by Crippen LogP contribution is 2.43. The third-order valence-corrected chi connectivity index (χ3v) is 3.65. The van der Waals surface area contributed by atoms with Crippen molar-refractivity contribution < 1.29 is 4.74 Å². The van der Waals surface area contributed by atoms with Gasteiger partial charge in [-0.3, -0.25) is 0 Å². The Labute approximate surface area is 80.8 Å². The molecular formula is C11H21NO. The molecule has 13 heavy (non-hydrogen) atoms. The van der Waals surface area contributed by atoms with E-state index < -0.39 is 0 Å². The van der Waals surface area contributed by atoms with Crippen LogP contribution in [0.15, 0.2) is 0 Å². The number of hydrogen-bond acceptors (Lipinski definition) is 2. The summed E-state index contributed by atoms with van der Waals surface area (Å²) < 4.78 is 6.08. The average Bonchev–Trinajstić information content (AvgIpc) is 2.48. The van der Waals surface area contributed by atoms with Gasteiger partial charge in [-0.2, -0.15) is 0 Å². The summed E-state index contributed by atoms with van der Waals surface area (Å²) in [5.74, 6) is 0.852. The Balaban J connectivity index is 1.97. The van der Waals surface area contributed by atoms with Crippen LogP contribution in [0.1, 0.15) is 45.4 Å². The maximum atomic E-state index is 6.08. The number of rotatable bonds is 1. The van der Waals surface area contributed by atoms with Gasteiger partial charge in [0.25, 0.3) is 0 Å². The van der Waals surface area contributed by atoms with Gasteiger partial charge < -0.3 is 10.5 Å². The summed E-state index contributed by atoms with van der Waals surface area (Å²) >= 11 is 0. The predicted octanol–water partition coefficient (Wildman–Crippen LogP) is 2.07. The molecule has 2 heteroatoms. The van der Waals surface area contributed by atoms with Crippen LogP contribution in [0.2, 0.25) is 0 Å². The maximum absolute atomic E-state index is 6.08. The first-order valence-corrected chi connectivity index (χ1v) is 5.62. The van der Waals surface area contributed by atoms with Crippen molar-refractivity contribution in [1.82, 2.24) is 0 Å². The second-order valence-electron chi connectivity index (χ2n) is 4.90. The molecule has 3 unspecified atom stereocenters. The predicted molar refractivity (Wildman–Crippen MR) is 53.5 cm³/mol. The van der Waals surface area contributed by atoms with Crippen molar-refractivity contribution in [3.8, 4) is 0 Å². The van der Waals surface area contributed by atoms with Crippen LogP contribution >= 0.6 is 0 Å². The van der Waals surface area contributed by atoms with Crippen molar-refractivity contribution in [1.29, 1.82) is 0 Å². The molecule has 1 spiro atoms. The molecular weight excluding hydrogens is 162 g/mol. The van der Waals surface area contributed by atoms with Gasteiger partial charge in [0.05, 0.1) is 11.7 Å². The van der Waals surface area contributed by atoms with Gasteiger partial charge in [-0.15, -0.1) is 0 Å². The standard InChI is InChI=1S/C11H21NO/c1-9-3-2-5-11(7-9)6-4-10(8-12)13-11/h9-10H,2-8,12H2,1H3. The third kappa shape index (κ3) is 1.89. The Morgan fingerprint density at radius 1 is 1.38 bits per heavy atom. The fourth-order valence-corrected chi connectivity index (χ4v) is 3.01. The summed E-state index contributed by atoms with van der Waals surface area (Å²) in [5.41, 5.74) is 5.87. The van der Waals surface area contributed by atoms with Gasteiger partial charge in [0, 0.05) is 6.54 Å². The lowest BCUT2D eigenvalue weighted by Gasteiger charge is -2.36. The molecule has 3 atom stereocenters. The monoisotopic (exact) mass is 183 g/mol. The van der Waals surface area contributed by atoms with Crippen molar-refractivity contribution >= 4 is 0 Å². The minimum Gasteiger partial charge on any atom is -0.370 e. The number of nitrogens with two attached hydrogens (primary N) is 1. The van der Waals surface area contributed by atoms with Gasteiger partial charge in [-0.1, -0.05) is 19.8 Å². The molecule has 2 aliphatic rings. The zero-order valence-corrected chi connectivity index (χ0v) is 8.59. The van der Waals surface area contributed by atoms with Crippen LogP contribution in [-0.2, 0) is 4.74 Å². The lowest BCUT2D eigenvalue weighted by Crippen LogP contribution is -2.36. The zero-order chi connectivity index (χ0) is 9.31. The van der Waals surface area contributed by atoms with Crippen LogP contribution in [0, 0.1) is 5.92 Å². The fraction of sp³-hybridized carbons (Fsp3) is 1.00. The topological polar surface area (TPSA) is 35.2 Å². The van der Waals surface area contributed by atoms with E-state index in [2.05, 4.69) is 6.92 Å². The highest BCUT2D eigenvalue weighted by atomic mass is 16.5. The lowest BCUT2D eigenvalue weighted by molar-refractivity contribution is -0.0707. The van der Waals surface area contributed by atoms with Crippen LogP contribution < -0.4 is 5.73 Å². The van der Waals surface area contributed by atoms with Gasteiger partial charge in [0.2, 0.25) is 0 Å². The third-order valence-electron chi connectivity index (χ3n) is 3.65. The Morgan fingerprint density at radius 2 is 2.23 bits per heavy atom. The summed E-state index contributed by atoms with van der Waals surface area (Å²) in [5, 5.41) is 0. The van der Waals surface area contributed by atoms with Crippen LogP contribution in [0.5, 0.6) is 0 Å². The average molecular weight is 183 g/mol. The van der Waals surface area contributed by atoms with E-state index in [1.54, 1.807) is 0 Å². The largest absolute Gasteiger partial charge is 0.370 e. The Kier molecular flexibility index (Phi) is 2.61. The molecule has 2 fully saturated rings. The first kappa shape index (κ1) is 9.47. The first-order valence-electron chi connectivity index (χ1n) is 5.62. The molecule has 0 radical (unpaired) electrons. The van der Waals surface area contributed by atoms with E-state index in [0.29, 0.717) is 12.6 Å². The molecule has 2 nitrogen and oxygen atoms in total. The molecule has 1 aliphatic heterocycles. The molecule has 1 aliphatic carbocycles. The molecule has 1 saturated heterocycles. The van der Waals surface area contributed by atoms with E-state index in [4.69, 9.17) is 10.5 Å². The minimum absolute atomic E-state index is 0.238. The highest BCUT2D eigenvalue weighted by Gasteiger charge is 2.41. The summed E-state index contributed by atoms with van der Waals surface area (Å²) in [6, 6.07) is 0. The van der Waals surface area contributed by atoms with Crippen molar-refractivity contribution in [2.45, 2.75) is 57.2 Å². The Hall–Kier alpha value is -0.0800. The summed E-state index contributed by atoms with van der Waals surface area (Å²) in [4.78, 5) is 0. The van der Waals surface area contributed by atoms with Crippen LogP contribution in [0.3, 0.4) is 0 Å². The molecule has 0 aromatic heterocycles. The van der Waals surface area contributed by atoms with E-state index in [9.17, 15) is 0 Å². The summed E-state index contributed by atoms with van der Waals surface area (Å²) in [6.45, 7) is 3.05. The van der Waals surface area contributed by atoms with Crippen LogP contribution in [0.25, 0.3) is 0 Å². The summed E-state index contributed by atoms with van der Waals surface area (Å²) in [6.07, 6.45) is 8.06. The van der Waals surface area contributed by atoms with Crippen molar-refractivity contribution in [2.75, 3.05) is 6.54 Å². The number of ether oxygens (including phenoxy) is 1. The van der Waals surface area contributed by atoms with Gasteiger partial charge >= 0.3 is 0 Å². The Bertz CT molecular complexity index is 183. The van der Waals surface area contributed by atoms with E-state index in [-0.39, 0.29) is 5.60 Å². The fourth-order valence-electron chi connectivity index (χ4n) is 3.01. The first-order chi connectivity index (χ1) is 6.24. The zero-order valence-electron chi connectivity index (χ0n) is 8.59. The Morgan fingerprint density at radius 3 is 2.85 bits per heavy atom. The van der Waals surface area contributed by atoms with Crippen LogP contribution in [0.4, 0.5) is 0 Å². The van der Waals surface area contributed by atoms with Gasteiger partial charge in [-0.25, -0.2) is 0 Å². The molecule has 0 aromatic rings. The maximum Gasteiger partial charge on any atom is 0.0705 e. The molecule has 0 amide bonds. The van der Waals surface area contributed by atoms with Crippen molar-refractivity contribution in [2.24, 2.45) is 11.7 Å². The second kappa shape index (κ2) is 3.58. The molecule has 76 valence electrons. The lowest BCUT2D eigenvalue weighted by atomic mass is 9.77. The van der Waals surface area contributed by atoms with E-state index in [1.165, 1.54) is 38.5 Å². The van der Waals surface area contributed by atoms with Gasteiger partial charge in [-0.05, 0) is 31.6 Å². The second-order valence-corrected chi connectivity index (χ2v) is 4.90. The molecule has 1 heterocycles. The van der Waals surface area contributed by atoms with E-state index >= 15 is 0 Å². The van der Waals surface area contributed by atoms with Gasteiger partial charge in [0.1, 0.15) is 0 Å². The normalized spacial score (nSPS) is 45.7. The SMILES string of the molecule is CC1CCCC2(CCC(CN)O2)C1. The minimum atomic E-state index is 0.238. The quantitative estimate of drug-likeness (QED) is 0.675. The smallest absolute Gasteiger partial charge is 0.0705 e. The van der Waals surface area contributed by atoms with E-state index in [1.807, 2.05) is 0 Å². The molecule has 1 saturated carbocycles. The molecule has 0 bridgehead atoms. The van der Waals surface area contributed by atoms with Crippen LogP contribution in [-0.4, -0.2) is 18.2 Å². The molecule has 2 N–H and O–H groups in total. The van der Waals surface area contributed by atoms with Crippen molar-refractivity contribution in [3.63, 3.8) is 0 Å². The summed E-state index contributed by atoms with van der Waals surface area (Å²) in [7, 11) is 0. The molecule has 2 rings (SSSR count). The molecule has 0 aromatic carbocycles. The van der Waals surface area contributed by atoms with Crippen molar-refractivity contribution in [3.05, 3.63) is 0 Å². The number of hydrogen-bond donors (Lipinski definition) is 1. The van der Waals surface area contributed by atoms with Gasteiger partial charge in [0.15, 0.2) is 0 Å².